The van der Waals surface area contributed by atoms with Crippen LogP contribution in [0.5, 0.6) is 5.75 Å². The molecule has 3 rings (SSSR count). The second-order valence-electron chi connectivity index (χ2n) is 7.87. The van der Waals surface area contributed by atoms with Crippen molar-refractivity contribution in [3.8, 4) is 5.75 Å². The maximum absolute atomic E-state index is 14.0. The minimum absolute atomic E-state index is 0.0284. The predicted octanol–water partition coefficient (Wildman–Crippen LogP) is 4.30. The zero-order valence-electron chi connectivity index (χ0n) is 18.2. The molecule has 1 amide bonds. The van der Waals surface area contributed by atoms with Crippen LogP contribution in [0, 0.1) is 11.7 Å². The second-order valence-corrected chi connectivity index (χ2v) is 10.2. The van der Waals surface area contributed by atoms with E-state index >= 15 is 0 Å². The van der Waals surface area contributed by atoms with Crippen LogP contribution < -0.4 is 10.1 Å². The summed E-state index contributed by atoms with van der Waals surface area (Å²) >= 11 is 5.99. The van der Waals surface area contributed by atoms with E-state index in [2.05, 4.69) is 5.32 Å². The molecule has 0 bridgehead atoms. The third-order valence-corrected chi connectivity index (χ3v) is 8.01. The Morgan fingerprint density at radius 3 is 2.44 bits per heavy atom. The molecule has 0 saturated carbocycles. The van der Waals surface area contributed by atoms with Crippen LogP contribution in [0.15, 0.2) is 42.5 Å². The second kappa shape index (κ2) is 10.6. The summed E-state index contributed by atoms with van der Waals surface area (Å²) < 4.78 is 46.1. The van der Waals surface area contributed by atoms with Crippen molar-refractivity contribution in [2.75, 3.05) is 20.2 Å². The van der Waals surface area contributed by atoms with E-state index in [1.54, 1.807) is 7.11 Å². The molecular formula is C23H28ClFN2O4S. The zero-order valence-corrected chi connectivity index (χ0v) is 19.8. The number of benzene rings is 2. The normalized spacial score (nSPS) is 16.5. The van der Waals surface area contributed by atoms with Gasteiger partial charge < -0.3 is 10.1 Å². The Labute approximate surface area is 193 Å². The van der Waals surface area contributed by atoms with Gasteiger partial charge in [0.15, 0.2) is 0 Å². The highest BCUT2D eigenvalue weighted by molar-refractivity contribution is 7.88. The molecular weight excluding hydrogens is 455 g/mol. The standard InChI is InChI=1S/C23H28ClFN2O4S/c1-3-22(16-7-9-18(31-2)10-8-16)26-23(28)17-11-13-27(14-12-17)32(29,30)15-19-20(24)5-4-6-21(19)25/h4-10,17,22H,3,11-15H2,1-2H3,(H,26,28)/t22-/m1/s1. The Kier molecular flexibility index (Phi) is 8.14. The lowest BCUT2D eigenvalue weighted by Crippen LogP contribution is -2.44. The molecule has 32 heavy (non-hydrogen) atoms. The average molecular weight is 483 g/mol. The van der Waals surface area contributed by atoms with Crippen LogP contribution in [-0.4, -0.2) is 38.8 Å². The van der Waals surface area contributed by atoms with Crippen molar-refractivity contribution in [1.82, 2.24) is 9.62 Å². The minimum Gasteiger partial charge on any atom is -0.497 e. The van der Waals surface area contributed by atoms with E-state index in [1.165, 1.54) is 22.5 Å². The monoisotopic (exact) mass is 482 g/mol. The largest absolute Gasteiger partial charge is 0.497 e. The zero-order chi connectivity index (χ0) is 23.3. The van der Waals surface area contributed by atoms with Crippen LogP contribution in [-0.2, 0) is 20.6 Å². The van der Waals surface area contributed by atoms with Crippen molar-refractivity contribution >= 4 is 27.5 Å². The minimum atomic E-state index is -3.74. The van der Waals surface area contributed by atoms with Gasteiger partial charge in [-0.25, -0.2) is 17.1 Å². The van der Waals surface area contributed by atoms with Gasteiger partial charge in [0.05, 0.1) is 18.9 Å². The molecule has 1 saturated heterocycles. The maximum Gasteiger partial charge on any atom is 0.223 e. The van der Waals surface area contributed by atoms with Gasteiger partial charge in [-0.3, -0.25) is 4.79 Å². The van der Waals surface area contributed by atoms with Crippen molar-refractivity contribution in [1.29, 1.82) is 0 Å². The first-order valence-corrected chi connectivity index (χ1v) is 12.6. The topological polar surface area (TPSA) is 75.7 Å². The van der Waals surface area contributed by atoms with Gasteiger partial charge in [0.2, 0.25) is 15.9 Å². The number of halogens is 2. The molecule has 1 N–H and O–H groups in total. The predicted molar refractivity (Wildman–Crippen MR) is 122 cm³/mol. The molecule has 6 nitrogen and oxygen atoms in total. The SMILES string of the molecule is CC[C@@H](NC(=O)C1CCN(S(=O)(=O)Cc2c(F)cccc2Cl)CC1)c1ccc(OC)cc1. The number of carbonyl (C=O) groups excluding carboxylic acids is 1. The van der Waals surface area contributed by atoms with E-state index in [-0.39, 0.29) is 41.5 Å². The Balaban J connectivity index is 1.58. The molecule has 1 heterocycles. The molecule has 1 aliphatic rings. The van der Waals surface area contributed by atoms with Gasteiger partial charge in [-0.05, 0) is 49.1 Å². The Morgan fingerprint density at radius 2 is 1.88 bits per heavy atom. The first kappa shape index (κ1) is 24.5. The molecule has 9 heteroatoms. The number of carbonyl (C=O) groups is 1. The number of sulfonamides is 1. The number of methoxy groups -OCH3 is 1. The quantitative estimate of drug-likeness (QED) is 0.608. The summed E-state index contributed by atoms with van der Waals surface area (Å²) in [4.78, 5) is 12.8. The molecule has 0 unspecified atom stereocenters. The summed E-state index contributed by atoms with van der Waals surface area (Å²) in [5, 5.41) is 3.17. The molecule has 1 fully saturated rings. The third-order valence-electron chi connectivity index (χ3n) is 5.85. The highest BCUT2D eigenvalue weighted by Crippen LogP contribution is 2.27. The van der Waals surface area contributed by atoms with Gasteiger partial charge in [0.1, 0.15) is 11.6 Å². The van der Waals surface area contributed by atoms with E-state index in [1.807, 2.05) is 31.2 Å². The van der Waals surface area contributed by atoms with Gasteiger partial charge in [-0.1, -0.05) is 36.7 Å². The Bertz CT molecular complexity index is 1020. The van der Waals surface area contributed by atoms with Gasteiger partial charge in [0, 0.05) is 29.6 Å². The molecule has 2 aromatic carbocycles. The van der Waals surface area contributed by atoms with E-state index in [9.17, 15) is 17.6 Å². The van der Waals surface area contributed by atoms with E-state index < -0.39 is 21.6 Å². The Hall–Kier alpha value is -2.16. The van der Waals surface area contributed by atoms with Crippen LogP contribution >= 0.6 is 11.6 Å². The van der Waals surface area contributed by atoms with Gasteiger partial charge >= 0.3 is 0 Å². The molecule has 0 aliphatic carbocycles. The summed E-state index contributed by atoms with van der Waals surface area (Å²) in [6.45, 7) is 2.43. The highest BCUT2D eigenvalue weighted by atomic mass is 35.5. The van der Waals surface area contributed by atoms with Crippen molar-refractivity contribution in [2.24, 2.45) is 5.92 Å². The van der Waals surface area contributed by atoms with Crippen LogP contribution in [0.4, 0.5) is 4.39 Å². The van der Waals surface area contributed by atoms with Crippen LogP contribution in [0.1, 0.15) is 43.4 Å². The summed E-state index contributed by atoms with van der Waals surface area (Å²) in [5.74, 6) is -0.739. The smallest absolute Gasteiger partial charge is 0.223 e. The number of piperidine rings is 1. The number of ether oxygens (including phenoxy) is 1. The fraction of sp³-hybridized carbons (Fsp3) is 0.435. The number of amides is 1. The maximum atomic E-state index is 14.0. The van der Waals surface area contributed by atoms with Crippen molar-refractivity contribution in [3.05, 3.63) is 64.4 Å². The molecule has 1 atom stereocenters. The number of hydrogen-bond acceptors (Lipinski definition) is 4. The lowest BCUT2D eigenvalue weighted by Gasteiger charge is -2.31. The van der Waals surface area contributed by atoms with Crippen LogP contribution in [0.2, 0.25) is 5.02 Å². The lowest BCUT2D eigenvalue weighted by atomic mass is 9.95. The first-order chi connectivity index (χ1) is 15.2. The van der Waals surface area contributed by atoms with Crippen molar-refractivity contribution in [2.45, 2.75) is 38.0 Å². The molecule has 1 aliphatic heterocycles. The van der Waals surface area contributed by atoms with Crippen molar-refractivity contribution in [3.63, 3.8) is 0 Å². The van der Waals surface area contributed by atoms with E-state index in [0.717, 1.165) is 17.7 Å². The molecule has 0 radical (unpaired) electrons. The molecule has 0 aromatic heterocycles. The fourth-order valence-electron chi connectivity index (χ4n) is 3.89. The first-order valence-electron chi connectivity index (χ1n) is 10.6. The third kappa shape index (κ3) is 5.79. The van der Waals surface area contributed by atoms with E-state index in [0.29, 0.717) is 12.8 Å². The summed E-state index contributed by atoms with van der Waals surface area (Å²) in [6.07, 6.45) is 1.55. The van der Waals surface area contributed by atoms with Gasteiger partial charge in [-0.15, -0.1) is 0 Å². The lowest BCUT2D eigenvalue weighted by molar-refractivity contribution is -0.126. The van der Waals surface area contributed by atoms with Crippen molar-refractivity contribution < 1.29 is 22.3 Å². The number of nitrogens with one attached hydrogen (secondary N) is 1. The number of rotatable bonds is 8. The molecule has 174 valence electrons. The number of nitrogens with zero attached hydrogens (tertiary/aromatic N) is 1. The van der Waals surface area contributed by atoms with Crippen LogP contribution in [0.3, 0.4) is 0 Å². The summed E-state index contributed by atoms with van der Waals surface area (Å²) in [5.41, 5.74) is 0.961. The molecule has 0 spiro atoms. The van der Waals surface area contributed by atoms with Gasteiger partial charge in [-0.2, -0.15) is 0 Å². The van der Waals surface area contributed by atoms with Gasteiger partial charge in [0.25, 0.3) is 0 Å². The summed E-state index contributed by atoms with van der Waals surface area (Å²) in [7, 11) is -2.14. The van der Waals surface area contributed by atoms with Crippen LogP contribution in [0.25, 0.3) is 0 Å². The molecule has 2 aromatic rings. The Morgan fingerprint density at radius 1 is 1.22 bits per heavy atom. The van der Waals surface area contributed by atoms with E-state index in [4.69, 9.17) is 16.3 Å². The number of hydrogen-bond donors (Lipinski definition) is 1. The fourth-order valence-corrected chi connectivity index (χ4v) is 5.80. The average Bonchev–Trinajstić information content (AvgIpc) is 2.80. The highest BCUT2D eigenvalue weighted by Gasteiger charge is 2.32. The summed E-state index contributed by atoms with van der Waals surface area (Å²) in [6, 6.07) is 11.5.